The van der Waals surface area contributed by atoms with Crippen LogP contribution >= 0.6 is 11.6 Å². The van der Waals surface area contributed by atoms with Crippen LogP contribution in [0, 0.1) is 5.82 Å². The molecule has 3 rings (SSSR count). The van der Waals surface area contributed by atoms with Crippen LogP contribution in [0.25, 0.3) is 10.9 Å². The summed E-state index contributed by atoms with van der Waals surface area (Å²) in [6.07, 6.45) is 2.27. The summed E-state index contributed by atoms with van der Waals surface area (Å²) < 4.78 is 42.6. The third-order valence-electron chi connectivity index (χ3n) is 4.01. The first-order valence-corrected chi connectivity index (χ1v) is 10.1. The number of nitrogens with zero attached hydrogens (tertiary/aromatic N) is 1. The van der Waals surface area contributed by atoms with E-state index in [4.69, 9.17) is 22.1 Å². The van der Waals surface area contributed by atoms with Crippen LogP contribution in [0.4, 0.5) is 15.8 Å². The van der Waals surface area contributed by atoms with Gasteiger partial charge in [0, 0.05) is 29.6 Å². The molecule has 0 unspecified atom stereocenters. The third-order valence-corrected chi connectivity index (χ3v) is 5.39. The van der Waals surface area contributed by atoms with Crippen LogP contribution in [0.3, 0.4) is 0 Å². The minimum atomic E-state index is -3.58. The van der Waals surface area contributed by atoms with Gasteiger partial charge in [0.15, 0.2) is 21.4 Å². The van der Waals surface area contributed by atoms with E-state index in [0.29, 0.717) is 5.69 Å². The number of nitrogens with one attached hydrogen (secondary N) is 1. The van der Waals surface area contributed by atoms with Gasteiger partial charge in [0.1, 0.15) is 0 Å². The Morgan fingerprint density at radius 2 is 2.00 bits per heavy atom. The first kappa shape index (κ1) is 19.8. The number of amides is 1. The summed E-state index contributed by atoms with van der Waals surface area (Å²) in [6.45, 7) is 0. The van der Waals surface area contributed by atoms with Crippen LogP contribution in [0.1, 0.15) is 10.4 Å². The number of carbonyl (C=O) groups excluding carboxylic acids is 1. The SMILES string of the molecule is COc1cc(Nc2c(C(N)=O)cnc3c(Cl)cc(S(C)(=O)=O)cc23)ccc1F. The molecule has 2 aromatic carbocycles. The van der Waals surface area contributed by atoms with E-state index in [1.165, 1.54) is 43.6 Å². The number of benzene rings is 2. The van der Waals surface area contributed by atoms with Crippen LogP contribution in [-0.4, -0.2) is 32.7 Å². The quantitative estimate of drug-likeness (QED) is 0.651. The van der Waals surface area contributed by atoms with E-state index in [2.05, 4.69) is 10.3 Å². The zero-order valence-electron chi connectivity index (χ0n) is 14.8. The van der Waals surface area contributed by atoms with Gasteiger partial charge in [-0.25, -0.2) is 12.8 Å². The van der Waals surface area contributed by atoms with E-state index >= 15 is 0 Å². The van der Waals surface area contributed by atoms with Crippen LogP contribution in [0.5, 0.6) is 5.75 Å². The molecule has 28 heavy (non-hydrogen) atoms. The van der Waals surface area contributed by atoms with E-state index < -0.39 is 21.6 Å². The first-order valence-electron chi connectivity index (χ1n) is 7.84. The Balaban J connectivity index is 2.30. The fourth-order valence-corrected chi connectivity index (χ4v) is 3.65. The molecule has 146 valence electrons. The maximum Gasteiger partial charge on any atom is 0.252 e. The van der Waals surface area contributed by atoms with Crippen molar-refractivity contribution in [2.45, 2.75) is 4.90 Å². The Kier molecular flexibility index (Phi) is 5.14. The topological polar surface area (TPSA) is 111 Å². The van der Waals surface area contributed by atoms with Crippen molar-refractivity contribution in [2.75, 3.05) is 18.7 Å². The molecule has 0 atom stereocenters. The van der Waals surface area contributed by atoms with Gasteiger partial charge >= 0.3 is 0 Å². The summed E-state index contributed by atoms with van der Waals surface area (Å²) in [5.41, 5.74) is 6.31. The molecule has 1 heterocycles. The lowest BCUT2D eigenvalue weighted by molar-refractivity contribution is 0.100. The number of pyridine rings is 1. The van der Waals surface area contributed by atoms with E-state index in [1.54, 1.807) is 0 Å². The largest absolute Gasteiger partial charge is 0.494 e. The molecular weight excluding hydrogens is 409 g/mol. The van der Waals surface area contributed by atoms with Gasteiger partial charge in [-0.05, 0) is 24.3 Å². The Hall–Kier alpha value is -2.91. The third kappa shape index (κ3) is 3.71. The predicted molar refractivity (Wildman–Crippen MR) is 105 cm³/mol. The first-order chi connectivity index (χ1) is 13.1. The highest BCUT2D eigenvalue weighted by Gasteiger charge is 2.19. The monoisotopic (exact) mass is 423 g/mol. The second-order valence-electron chi connectivity index (χ2n) is 5.96. The van der Waals surface area contributed by atoms with Gasteiger partial charge in [-0.3, -0.25) is 9.78 Å². The lowest BCUT2D eigenvalue weighted by Crippen LogP contribution is -2.14. The molecular formula is C18H15ClFN3O4S. The molecule has 3 N–H and O–H groups in total. The predicted octanol–water partition coefficient (Wildman–Crippen LogP) is 3.28. The Morgan fingerprint density at radius 1 is 1.29 bits per heavy atom. The van der Waals surface area contributed by atoms with Gasteiger partial charge in [0.25, 0.3) is 5.91 Å². The second-order valence-corrected chi connectivity index (χ2v) is 8.38. The number of nitrogens with two attached hydrogens (primary N) is 1. The molecule has 0 fully saturated rings. The van der Waals surface area contributed by atoms with Crippen LogP contribution in [0.2, 0.25) is 5.02 Å². The highest BCUT2D eigenvalue weighted by atomic mass is 35.5. The summed E-state index contributed by atoms with van der Waals surface area (Å²) in [5.74, 6) is -1.36. The number of fused-ring (bicyclic) bond motifs is 1. The summed E-state index contributed by atoms with van der Waals surface area (Å²) in [4.78, 5) is 16.0. The zero-order valence-corrected chi connectivity index (χ0v) is 16.4. The molecule has 0 spiro atoms. The number of methoxy groups -OCH3 is 1. The fourth-order valence-electron chi connectivity index (χ4n) is 2.65. The number of hydrogen-bond donors (Lipinski definition) is 2. The van der Waals surface area contributed by atoms with Crippen molar-refractivity contribution in [2.24, 2.45) is 5.73 Å². The maximum atomic E-state index is 13.7. The van der Waals surface area contributed by atoms with Gasteiger partial charge in [-0.1, -0.05) is 11.6 Å². The molecule has 0 radical (unpaired) electrons. The lowest BCUT2D eigenvalue weighted by atomic mass is 10.1. The highest BCUT2D eigenvalue weighted by Crippen LogP contribution is 2.35. The zero-order chi connectivity index (χ0) is 20.6. The van der Waals surface area contributed by atoms with Gasteiger partial charge in [0.05, 0.1) is 33.8 Å². The van der Waals surface area contributed by atoms with Crippen molar-refractivity contribution in [3.05, 3.63) is 52.9 Å². The highest BCUT2D eigenvalue weighted by molar-refractivity contribution is 7.90. The number of aromatic nitrogens is 1. The average molecular weight is 424 g/mol. The average Bonchev–Trinajstić information content (AvgIpc) is 2.62. The number of ether oxygens (including phenoxy) is 1. The summed E-state index contributed by atoms with van der Waals surface area (Å²) in [7, 11) is -2.27. The smallest absolute Gasteiger partial charge is 0.252 e. The Labute approximate surface area is 165 Å². The van der Waals surface area contributed by atoms with E-state index in [9.17, 15) is 17.6 Å². The van der Waals surface area contributed by atoms with Crippen molar-refractivity contribution in [1.29, 1.82) is 0 Å². The number of anilines is 2. The number of sulfone groups is 1. The van der Waals surface area contributed by atoms with Crippen LogP contribution in [0.15, 0.2) is 41.4 Å². The van der Waals surface area contributed by atoms with Gasteiger partial charge in [-0.15, -0.1) is 0 Å². The van der Waals surface area contributed by atoms with E-state index in [1.807, 2.05) is 0 Å². The summed E-state index contributed by atoms with van der Waals surface area (Å²) >= 11 is 6.20. The van der Waals surface area contributed by atoms with Crippen molar-refractivity contribution >= 4 is 49.6 Å². The summed E-state index contributed by atoms with van der Waals surface area (Å²) in [5, 5.41) is 3.33. The van der Waals surface area contributed by atoms with E-state index in [0.717, 1.165) is 6.26 Å². The Morgan fingerprint density at radius 3 is 2.61 bits per heavy atom. The van der Waals surface area contributed by atoms with Crippen molar-refractivity contribution in [3.63, 3.8) is 0 Å². The van der Waals surface area contributed by atoms with Crippen LogP contribution < -0.4 is 15.8 Å². The number of carbonyl (C=O) groups is 1. The second kappa shape index (κ2) is 7.25. The molecule has 7 nitrogen and oxygen atoms in total. The van der Waals surface area contributed by atoms with Gasteiger partial charge in [-0.2, -0.15) is 0 Å². The molecule has 1 aromatic heterocycles. The molecule has 0 aliphatic carbocycles. The van der Waals surface area contributed by atoms with Crippen molar-refractivity contribution in [3.8, 4) is 5.75 Å². The Bertz CT molecular complexity index is 1220. The number of primary amides is 1. The van der Waals surface area contributed by atoms with Gasteiger partial charge in [0.2, 0.25) is 0 Å². The van der Waals surface area contributed by atoms with E-state index in [-0.39, 0.29) is 37.8 Å². The number of rotatable bonds is 5. The molecule has 0 aliphatic heterocycles. The molecule has 10 heteroatoms. The van der Waals surface area contributed by atoms with Gasteiger partial charge < -0.3 is 15.8 Å². The fraction of sp³-hybridized carbons (Fsp3) is 0.111. The molecule has 0 saturated heterocycles. The standard InChI is InChI=1S/C18H15ClFN3O4S/c1-27-15-5-9(3-4-14(15)20)23-16-11-6-10(28(2,25)26)7-13(19)17(11)22-8-12(16)18(21)24/h3-8H,1-2H3,(H2,21,24)(H,22,23). The van der Waals surface area contributed by atoms with Crippen molar-refractivity contribution in [1.82, 2.24) is 4.98 Å². The maximum absolute atomic E-state index is 13.7. The number of halogens is 2. The number of hydrogen-bond acceptors (Lipinski definition) is 6. The molecule has 3 aromatic rings. The molecule has 0 aliphatic rings. The lowest BCUT2D eigenvalue weighted by Gasteiger charge is -2.15. The van der Waals surface area contributed by atoms with Crippen LogP contribution in [-0.2, 0) is 9.84 Å². The molecule has 1 amide bonds. The minimum Gasteiger partial charge on any atom is -0.494 e. The normalized spacial score (nSPS) is 11.4. The molecule has 0 saturated carbocycles. The molecule has 0 bridgehead atoms. The van der Waals surface area contributed by atoms with Crippen molar-refractivity contribution < 1.29 is 22.3 Å². The minimum absolute atomic E-state index is 0.0116. The summed E-state index contributed by atoms with van der Waals surface area (Å²) in [6, 6.07) is 6.62.